The molecule has 1 N–H and O–H groups in total. The Morgan fingerprint density at radius 3 is 2.45 bits per heavy atom. The van der Waals surface area contributed by atoms with E-state index in [1.165, 1.54) is 5.56 Å². The summed E-state index contributed by atoms with van der Waals surface area (Å²) in [6.45, 7) is 6.85. The Bertz CT molecular complexity index is 591. The zero-order valence-electron chi connectivity index (χ0n) is 12.5. The molecule has 0 bridgehead atoms. The predicted molar refractivity (Wildman–Crippen MR) is 80.4 cm³/mol. The maximum atomic E-state index is 11.5. The lowest BCUT2D eigenvalue weighted by Crippen LogP contribution is -2.23. The van der Waals surface area contributed by atoms with E-state index in [-0.39, 0.29) is 17.9 Å². The van der Waals surface area contributed by atoms with Gasteiger partial charge < -0.3 is 9.88 Å². The molecule has 0 saturated carbocycles. The number of likely N-dealkylation sites (N-methyl/N-ethyl adjacent to an activating group) is 1. The number of carbonyl (C=O) groups excluding carboxylic acids is 1. The SMILES string of the molecule is CNC(=O)Cn1ccnc1-c1ccc(C(C)(C)C)cc1. The smallest absolute Gasteiger partial charge is 0.239 e. The average Bonchev–Trinajstić information content (AvgIpc) is 2.86. The summed E-state index contributed by atoms with van der Waals surface area (Å²) in [5.74, 6) is 0.782. The van der Waals surface area contributed by atoms with E-state index < -0.39 is 0 Å². The minimum atomic E-state index is -0.0319. The molecule has 0 aliphatic carbocycles. The van der Waals surface area contributed by atoms with Gasteiger partial charge in [-0.15, -0.1) is 0 Å². The van der Waals surface area contributed by atoms with Crippen molar-refractivity contribution in [2.45, 2.75) is 32.7 Å². The van der Waals surface area contributed by atoms with E-state index in [1.807, 2.05) is 10.8 Å². The number of aromatic nitrogens is 2. The van der Waals surface area contributed by atoms with Crippen molar-refractivity contribution < 1.29 is 4.79 Å². The summed E-state index contributed by atoms with van der Waals surface area (Å²) >= 11 is 0. The van der Waals surface area contributed by atoms with E-state index >= 15 is 0 Å². The molecule has 1 amide bonds. The molecule has 4 nitrogen and oxygen atoms in total. The van der Waals surface area contributed by atoms with Gasteiger partial charge in [0.1, 0.15) is 12.4 Å². The molecule has 0 atom stereocenters. The van der Waals surface area contributed by atoms with Gasteiger partial charge in [0.05, 0.1) is 0 Å². The van der Waals surface area contributed by atoms with E-state index in [4.69, 9.17) is 0 Å². The Kier molecular flexibility index (Phi) is 3.93. The second kappa shape index (κ2) is 5.49. The highest BCUT2D eigenvalue weighted by molar-refractivity contribution is 5.76. The Labute approximate surface area is 119 Å². The van der Waals surface area contributed by atoms with Crippen LogP contribution in [0.25, 0.3) is 11.4 Å². The highest BCUT2D eigenvalue weighted by atomic mass is 16.1. The van der Waals surface area contributed by atoms with Gasteiger partial charge in [-0.25, -0.2) is 4.98 Å². The number of amides is 1. The molecule has 0 saturated heterocycles. The van der Waals surface area contributed by atoms with Crippen molar-refractivity contribution in [2.24, 2.45) is 0 Å². The molecule has 0 radical (unpaired) electrons. The molecule has 1 aromatic carbocycles. The molecule has 4 heteroatoms. The third-order valence-corrected chi connectivity index (χ3v) is 3.32. The lowest BCUT2D eigenvalue weighted by molar-refractivity contribution is -0.121. The first-order valence-electron chi connectivity index (χ1n) is 6.74. The molecular weight excluding hydrogens is 250 g/mol. The van der Waals surface area contributed by atoms with Crippen LogP contribution in [0.15, 0.2) is 36.7 Å². The first kappa shape index (κ1) is 14.3. The highest BCUT2D eigenvalue weighted by Gasteiger charge is 2.14. The number of nitrogens with zero attached hydrogens (tertiary/aromatic N) is 2. The zero-order valence-corrected chi connectivity index (χ0v) is 12.5. The van der Waals surface area contributed by atoms with Crippen molar-refractivity contribution >= 4 is 5.91 Å². The topological polar surface area (TPSA) is 46.9 Å². The number of hydrogen-bond acceptors (Lipinski definition) is 2. The maximum Gasteiger partial charge on any atom is 0.239 e. The highest BCUT2D eigenvalue weighted by Crippen LogP contribution is 2.25. The van der Waals surface area contributed by atoms with Crippen molar-refractivity contribution in [1.82, 2.24) is 14.9 Å². The fourth-order valence-electron chi connectivity index (χ4n) is 2.05. The van der Waals surface area contributed by atoms with Gasteiger partial charge in [0.2, 0.25) is 5.91 Å². The fourth-order valence-corrected chi connectivity index (χ4v) is 2.05. The lowest BCUT2D eigenvalue weighted by Gasteiger charge is -2.19. The van der Waals surface area contributed by atoms with E-state index in [0.29, 0.717) is 0 Å². The number of carbonyl (C=O) groups is 1. The van der Waals surface area contributed by atoms with Crippen molar-refractivity contribution in [3.05, 3.63) is 42.2 Å². The fraction of sp³-hybridized carbons (Fsp3) is 0.375. The molecule has 0 aliphatic rings. The summed E-state index contributed by atoms with van der Waals surface area (Å²) in [6, 6.07) is 8.36. The van der Waals surface area contributed by atoms with Gasteiger partial charge in [-0.1, -0.05) is 45.0 Å². The van der Waals surface area contributed by atoms with Gasteiger partial charge in [0.25, 0.3) is 0 Å². The van der Waals surface area contributed by atoms with Crippen LogP contribution >= 0.6 is 0 Å². The van der Waals surface area contributed by atoms with Gasteiger partial charge in [0, 0.05) is 25.0 Å². The largest absolute Gasteiger partial charge is 0.358 e. The predicted octanol–water partition coefficient (Wildman–Crippen LogP) is 2.59. The van der Waals surface area contributed by atoms with Crippen molar-refractivity contribution in [3.63, 3.8) is 0 Å². The van der Waals surface area contributed by atoms with Crippen LogP contribution in [0.5, 0.6) is 0 Å². The number of imidazole rings is 1. The summed E-state index contributed by atoms with van der Waals surface area (Å²) in [5.41, 5.74) is 2.44. The van der Waals surface area contributed by atoms with E-state index in [1.54, 1.807) is 13.2 Å². The average molecular weight is 271 g/mol. The number of benzene rings is 1. The molecule has 2 aromatic rings. The van der Waals surface area contributed by atoms with Crippen LogP contribution in [0.3, 0.4) is 0 Å². The molecular formula is C16H21N3O. The quantitative estimate of drug-likeness (QED) is 0.932. The summed E-state index contributed by atoms with van der Waals surface area (Å²) in [7, 11) is 1.64. The summed E-state index contributed by atoms with van der Waals surface area (Å²) in [5, 5.41) is 2.62. The van der Waals surface area contributed by atoms with Crippen LogP contribution in [-0.4, -0.2) is 22.5 Å². The molecule has 1 aromatic heterocycles. The van der Waals surface area contributed by atoms with Crippen molar-refractivity contribution in [1.29, 1.82) is 0 Å². The maximum absolute atomic E-state index is 11.5. The molecule has 0 fully saturated rings. The van der Waals surface area contributed by atoms with Crippen LogP contribution in [0.1, 0.15) is 26.3 Å². The third kappa shape index (κ3) is 3.07. The van der Waals surface area contributed by atoms with E-state index in [0.717, 1.165) is 11.4 Å². The zero-order chi connectivity index (χ0) is 14.8. The van der Waals surface area contributed by atoms with Gasteiger partial charge >= 0.3 is 0 Å². The normalized spacial score (nSPS) is 11.4. The number of rotatable bonds is 3. The van der Waals surface area contributed by atoms with E-state index in [2.05, 4.69) is 55.3 Å². The summed E-state index contributed by atoms with van der Waals surface area (Å²) < 4.78 is 1.85. The van der Waals surface area contributed by atoms with Gasteiger partial charge in [0.15, 0.2) is 0 Å². The molecule has 0 unspecified atom stereocenters. The van der Waals surface area contributed by atoms with Gasteiger partial charge in [-0.2, -0.15) is 0 Å². The first-order valence-corrected chi connectivity index (χ1v) is 6.74. The Balaban J connectivity index is 2.29. The molecule has 20 heavy (non-hydrogen) atoms. The van der Waals surface area contributed by atoms with Crippen LogP contribution in [0.4, 0.5) is 0 Å². The summed E-state index contributed by atoms with van der Waals surface area (Å²) in [4.78, 5) is 15.8. The van der Waals surface area contributed by atoms with E-state index in [9.17, 15) is 4.79 Å². The van der Waals surface area contributed by atoms with Crippen LogP contribution in [0.2, 0.25) is 0 Å². The van der Waals surface area contributed by atoms with Gasteiger partial charge in [-0.05, 0) is 11.0 Å². The Morgan fingerprint density at radius 1 is 1.25 bits per heavy atom. The van der Waals surface area contributed by atoms with Gasteiger partial charge in [-0.3, -0.25) is 4.79 Å². The Morgan fingerprint density at radius 2 is 1.90 bits per heavy atom. The second-order valence-corrected chi connectivity index (χ2v) is 5.88. The van der Waals surface area contributed by atoms with Crippen molar-refractivity contribution in [2.75, 3.05) is 7.05 Å². The first-order chi connectivity index (χ1) is 9.41. The second-order valence-electron chi connectivity index (χ2n) is 5.88. The third-order valence-electron chi connectivity index (χ3n) is 3.32. The number of hydrogen-bond donors (Lipinski definition) is 1. The minimum absolute atomic E-state index is 0.0319. The standard InChI is InChI=1S/C16H21N3O/c1-16(2,3)13-7-5-12(6-8-13)15-18-9-10-19(15)11-14(20)17-4/h5-10H,11H2,1-4H3,(H,17,20). The monoisotopic (exact) mass is 271 g/mol. The lowest BCUT2D eigenvalue weighted by atomic mass is 9.87. The number of nitrogens with one attached hydrogen (secondary N) is 1. The Hall–Kier alpha value is -2.10. The minimum Gasteiger partial charge on any atom is -0.358 e. The molecule has 0 spiro atoms. The van der Waals surface area contributed by atoms with Crippen LogP contribution < -0.4 is 5.32 Å². The van der Waals surface area contributed by atoms with Crippen LogP contribution in [0, 0.1) is 0 Å². The van der Waals surface area contributed by atoms with Crippen molar-refractivity contribution in [3.8, 4) is 11.4 Å². The molecule has 1 heterocycles. The van der Waals surface area contributed by atoms with Crippen LogP contribution in [-0.2, 0) is 16.8 Å². The molecule has 106 valence electrons. The molecule has 0 aliphatic heterocycles. The molecule has 2 rings (SSSR count). The summed E-state index contributed by atoms with van der Waals surface area (Å²) in [6.07, 6.45) is 3.54.